The average Bonchev–Trinajstić information content (AvgIpc) is 2.97. The molecule has 2 N–H and O–H groups in total. The van der Waals surface area contributed by atoms with E-state index < -0.39 is 24.6 Å². The minimum absolute atomic E-state index is 0.0771. The number of alkyl carbamates (subject to hydrolysis) is 1. The van der Waals surface area contributed by atoms with Crippen molar-refractivity contribution in [2.45, 2.75) is 12.0 Å². The highest BCUT2D eigenvalue weighted by Crippen LogP contribution is 2.44. The molecule has 0 bridgehead atoms. The molecule has 0 radical (unpaired) electrons. The Labute approximate surface area is 149 Å². The molecule has 26 heavy (non-hydrogen) atoms. The molecule has 0 unspecified atom stereocenters. The fourth-order valence-electron chi connectivity index (χ4n) is 3.09. The number of fused-ring (bicyclic) bond motifs is 3. The van der Waals surface area contributed by atoms with Gasteiger partial charge in [0, 0.05) is 10.8 Å². The third kappa shape index (κ3) is 3.45. The number of ether oxygens (including phenoxy) is 1. The van der Waals surface area contributed by atoms with Crippen molar-refractivity contribution < 1.29 is 19.4 Å². The number of nitrogens with one attached hydrogen (secondary N) is 1. The van der Waals surface area contributed by atoms with Gasteiger partial charge in [0.2, 0.25) is 0 Å². The molecule has 0 aromatic heterocycles. The van der Waals surface area contributed by atoms with Crippen molar-refractivity contribution in [1.82, 2.24) is 5.32 Å². The molecule has 0 aliphatic heterocycles. The summed E-state index contributed by atoms with van der Waals surface area (Å²) in [5.41, 5.74) is 12.6. The number of carbonyl (C=O) groups is 2. The third-order valence-electron chi connectivity index (χ3n) is 4.26. The lowest BCUT2D eigenvalue weighted by atomic mass is 9.98. The number of aliphatic carboxylic acids is 1. The second kappa shape index (κ2) is 7.58. The van der Waals surface area contributed by atoms with Gasteiger partial charge in [0.25, 0.3) is 0 Å². The predicted octanol–water partition coefficient (Wildman–Crippen LogP) is 3.29. The Morgan fingerprint density at radius 2 is 1.73 bits per heavy atom. The zero-order valence-corrected chi connectivity index (χ0v) is 13.7. The van der Waals surface area contributed by atoms with Crippen LogP contribution in [0.1, 0.15) is 17.0 Å². The summed E-state index contributed by atoms with van der Waals surface area (Å²) in [6.07, 6.45) is -0.868. The lowest BCUT2D eigenvalue weighted by molar-refractivity contribution is -0.139. The van der Waals surface area contributed by atoms with Crippen LogP contribution in [0, 0.1) is 0 Å². The van der Waals surface area contributed by atoms with Crippen molar-refractivity contribution in [3.63, 3.8) is 0 Å². The molecule has 8 nitrogen and oxygen atoms in total. The van der Waals surface area contributed by atoms with E-state index in [0.717, 1.165) is 22.3 Å². The molecule has 2 aromatic rings. The van der Waals surface area contributed by atoms with E-state index in [4.69, 9.17) is 15.4 Å². The Hall–Kier alpha value is -3.51. The Balaban J connectivity index is 1.70. The Morgan fingerprint density at radius 3 is 2.27 bits per heavy atom. The maximum absolute atomic E-state index is 12.0. The highest BCUT2D eigenvalue weighted by Gasteiger charge is 2.29. The summed E-state index contributed by atoms with van der Waals surface area (Å²) in [5, 5.41) is 14.4. The van der Waals surface area contributed by atoms with Crippen LogP contribution in [0.15, 0.2) is 53.6 Å². The molecule has 0 spiro atoms. The van der Waals surface area contributed by atoms with Gasteiger partial charge in [0.1, 0.15) is 12.6 Å². The Bertz CT molecular complexity index is 847. The zero-order chi connectivity index (χ0) is 18.5. The summed E-state index contributed by atoms with van der Waals surface area (Å²) in [4.78, 5) is 25.5. The van der Waals surface area contributed by atoms with Gasteiger partial charge in [-0.15, -0.1) is 0 Å². The first-order chi connectivity index (χ1) is 12.6. The van der Waals surface area contributed by atoms with Crippen LogP contribution in [0.4, 0.5) is 4.79 Å². The number of benzene rings is 2. The number of hydrogen-bond donors (Lipinski definition) is 2. The number of carboxylic acids is 1. The van der Waals surface area contributed by atoms with E-state index >= 15 is 0 Å². The van der Waals surface area contributed by atoms with E-state index in [2.05, 4.69) is 15.3 Å². The smallest absolute Gasteiger partial charge is 0.407 e. The van der Waals surface area contributed by atoms with Crippen molar-refractivity contribution in [2.75, 3.05) is 13.2 Å². The van der Waals surface area contributed by atoms with Gasteiger partial charge < -0.3 is 15.2 Å². The standard InChI is InChI=1S/C18H16N4O4/c19-22-20-9-16(17(23)24)21-18(25)26-10-15-13-7-3-1-5-11(13)12-6-2-4-8-14(12)15/h1-8,15-16H,9-10H2,(H,21,25)(H,23,24)/t16-/m1/s1. The molecule has 0 saturated heterocycles. The fraction of sp³-hybridized carbons (Fsp3) is 0.222. The van der Waals surface area contributed by atoms with Gasteiger partial charge in [-0.3, -0.25) is 0 Å². The van der Waals surface area contributed by atoms with E-state index in [-0.39, 0.29) is 12.5 Å². The second-order valence-corrected chi connectivity index (χ2v) is 5.77. The molecule has 1 aliphatic rings. The maximum atomic E-state index is 12.0. The number of amides is 1. The summed E-state index contributed by atoms with van der Waals surface area (Å²) in [6.45, 7) is -0.316. The highest BCUT2D eigenvalue weighted by molar-refractivity contribution is 5.81. The Kier molecular flexibility index (Phi) is 5.05. The highest BCUT2D eigenvalue weighted by atomic mass is 16.5. The molecule has 1 aliphatic carbocycles. The first-order valence-corrected chi connectivity index (χ1v) is 7.97. The third-order valence-corrected chi connectivity index (χ3v) is 4.26. The number of hydrogen-bond acceptors (Lipinski definition) is 4. The van der Waals surface area contributed by atoms with Crippen LogP contribution >= 0.6 is 0 Å². The fourth-order valence-corrected chi connectivity index (χ4v) is 3.09. The number of nitrogens with zero attached hydrogens (tertiary/aromatic N) is 3. The monoisotopic (exact) mass is 352 g/mol. The van der Waals surface area contributed by atoms with Gasteiger partial charge in [-0.1, -0.05) is 53.6 Å². The minimum atomic E-state index is -1.33. The van der Waals surface area contributed by atoms with Gasteiger partial charge >= 0.3 is 12.1 Å². The minimum Gasteiger partial charge on any atom is -0.480 e. The lowest BCUT2D eigenvalue weighted by Gasteiger charge is -2.16. The molecule has 132 valence electrons. The average molecular weight is 352 g/mol. The SMILES string of the molecule is [N-]=[N+]=NC[C@@H](NC(=O)OCC1c2ccccc2-c2ccccc21)C(=O)O. The number of rotatable bonds is 6. The number of carbonyl (C=O) groups excluding carboxylic acids is 1. The van der Waals surface area contributed by atoms with Crippen LogP contribution in [-0.4, -0.2) is 36.4 Å². The largest absolute Gasteiger partial charge is 0.480 e. The van der Waals surface area contributed by atoms with E-state index in [1.807, 2.05) is 48.5 Å². The molecule has 2 aromatic carbocycles. The van der Waals surface area contributed by atoms with Crippen molar-refractivity contribution in [3.8, 4) is 11.1 Å². The molecule has 1 amide bonds. The van der Waals surface area contributed by atoms with Gasteiger partial charge in [0.05, 0.1) is 6.54 Å². The lowest BCUT2D eigenvalue weighted by Crippen LogP contribution is -2.43. The number of azide groups is 1. The number of carboxylic acid groups (broad SMARTS) is 1. The molecule has 8 heteroatoms. The molecule has 0 saturated carbocycles. The molecule has 1 atom stereocenters. The first-order valence-electron chi connectivity index (χ1n) is 7.97. The van der Waals surface area contributed by atoms with Gasteiger partial charge in [-0.25, -0.2) is 9.59 Å². The van der Waals surface area contributed by atoms with Crippen LogP contribution in [0.3, 0.4) is 0 Å². The van der Waals surface area contributed by atoms with Crippen molar-refractivity contribution in [3.05, 3.63) is 70.1 Å². The quantitative estimate of drug-likeness (QED) is 0.470. The van der Waals surface area contributed by atoms with Gasteiger partial charge in [0.15, 0.2) is 0 Å². The van der Waals surface area contributed by atoms with E-state index in [0.29, 0.717) is 0 Å². The van der Waals surface area contributed by atoms with Gasteiger partial charge in [-0.2, -0.15) is 0 Å². The van der Waals surface area contributed by atoms with Crippen LogP contribution in [0.2, 0.25) is 0 Å². The Morgan fingerprint density at radius 1 is 1.15 bits per heavy atom. The summed E-state index contributed by atoms with van der Waals surface area (Å²) in [7, 11) is 0. The molecular weight excluding hydrogens is 336 g/mol. The van der Waals surface area contributed by atoms with Crippen molar-refractivity contribution in [2.24, 2.45) is 5.11 Å². The van der Waals surface area contributed by atoms with E-state index in [1.165, 1.54) is 0 Å². The van der Waals surface area contributed by atoms with Crippen molar-refractivity contribution >= 4 is 12.1 Å². The summed E-state index contributed by atoms with van der Waals surface area (Å²) < 4.78 is 5.25. The van der Waals surface area contributed by atoms with Gasteiger partial charge in [-0.05, 0) is 27.8 Å². The molecule has 3 rings (SSSR count). The summed E-state index contributed by atoms with van der Waals surface area (Å²) in [6, 6.07) is 14.5. The predicted molar refractivity (Wildman–Crippen MR) is 93.6 cm³/mol. The van der Waals surface area contributed by atoms with E-state index in [1.54, 1.807) is 0 Å². The normalized spacial score (nSPS) is 13.1. The van der Waals surface area contributed by atoms with Crippen LogP contribution < -0.4 is 5.32 Å². The van der Waals surface area contributed by atoms with Crippen LogP contribution in [0.25, 0.3) is 21.6 Å². The molecule has 0 fully saturated rings. The first kappa shape index (κ1) is 17.3. The second-order valence-electron chi connectivity index (χ2n) is 5.77. The topological polar surface area (TPSA) is 124 Å². The summed E-state index contributed by atoms with van der Waals surface area (Å²) >= 11 is 0. The van der Waals surface area contributed by atoms with Crippen LogP contribution in [-0.2, 0) is 9.53 Å². The van der Waals surface area contributed by atoms with Crippen LogP contribution in [0.5, 0.6) is 0 Å². The van der Waals surface area contributed by atoms with E-state index in [9.17, 15) is 9.59 Å². The maximum Gasteiger partial charge on any atom is 0.407 e. The van der Waals surface area contributed by atoms with Crippen molar-refractivity contribution in [1.29, 1.82) is 0 Å². The zero-order valence-electron chi connectivity index (χ0n) is 13.7. The molecule has 0 heterocycles. The summed E-state index contributed by atoms with van der Waals surface area (Å²) in [5.74, 6) is -1.42. The molecular formula is C18H16N4O4.